The molecule has 3 aromatic rings. The number of carbonyl (C=O) groups excluding carboxylic acids is 2. The van der Waals surface area contributed by atoms with Crippen LogP contribution in [-0.4, -0.2) is 55.3 Å². The third kappa shape index (κ3) is 6.84. The first-order chi connectivity index (χ1) is 18.2. The molecule has 0 saturated carbocycles. The molecule has 1 aliphatic rings. The first kappa shape index (κ1) is 27.5. The van der Waals surface area contributed by atoms with Gasteiger partial charge in [0, 0.05) is 26.1 Å². The van der Waals surface area contributed by atoms with E-state index >= 15 is 0 Å². The summed E-state index contributed by atoms with van der Waals surface area (Å²) in [5.74, 6) is 1.78. The Balaban J connectivity index is 1.51. The Morgan fingerprint density at radius 1 is 1.11 bits per heavy atom. The Bertz CT molecular complexity index is 1250. The highest BCUT2D eigenvalue weighted by molar-refractivity contribution is 5.91. The summed E-state index contributed by atoms with van der Waals surface area (Å²) in [4.78, 5) is 29.6. The number of aryl methyl sites for hydroxylation is 1. The van der Waals surface area contributed by atoms with Gasteiger partial charge in [-0.3, -0.25) is 9.59 Å². The summed E-state index contributed by atoms with van der Waals surface area (Å²) in [5, 5.41) is 2.85. The number of nitrogens with zero attached hydrogens (tertiary/aromatic N) is 2. The largest absolute Gasteiger partial charge is 0.486 e. The first-order valence-corrected chi connectivity index (χ1v) is 13.3. The van der Waals surface area contributed by atoms with Crippen LogP contribution in [0.15, 0.2) is 59.0 Å². The van der Waals surface area contributed by atoms with E-state index in [2.05, 4.69) is 56.4 Å². The van der Waals surface area contributed by atoms with Gasteiger partial charge in [-0.2, -0.15) is 0 Å². The van der Waals surface area contributed by atoms with Crippen LogP contribution in [0.3, 0.4) is 0 Å². The van der Waals surface area contributed by atoms with Crippen molar-refractivity contribution in [2.24, 2.45) is 5.92 Å². The van der Waals surface area contributed by atoms with Crippen LogP contribution in [0, 0.1) is 12.8 Å². The maximum atomic E-state index is 13.3. The monoisotopic (exact) mass is 517 g/mol. The zero-order chi connectivity index (χ0) is 27.2. The van der Waals surface area contributed by atoms with Gasteiger partial charge in [-0.05, 0) is 74.3 Å². The summed E-state index contributed by atoms with van der Waals surface area (Å²) in [6.07, 6.45) is 1.34. The normalized spacial score (nSPS) is 15.0. The Morgan fingerprint density at radius 3 is 2.58 bits per heavy atom. The quantitative estimate of drug-likeness (QED) is 0.411. The zero-order valence-corrected chi connectivity index (χ0v) is 23.1. The van der Waals surface area contributed by atoms with Crippen LogP contribution in [0.5, 0.6) is 5.75 Å². The van der Waals surface area contributed by atoms with Gasteiger partial charge < -0.3 is 24.3 Å². The van der Waals surface area contributed by atoms with Crippen molar-refractivity contribution in [3.8, 4) is 5.75 Å². The lowest BCUT2D eigenvalue weighted by atomic mass is 9.87. The van der Waals surface area contributed by atoms with E-state index in [1.54, 1.807) is 12.1 Å². The minimum atomic E-state index is -0.237. The minimum absolute atomic E-state index is 0.157. The van der Waals surface area contributed by atoms with Crippen molar-refractivity contribution in [1.29, 1.82) is 0 Å². The molecular weight excluding hydrogens is 478 g/mol. The molecule has 0 spiro atoms. The highest BCUT2D eigenvalue weighted by atomic mass is 16.5. The van der Waals surface area contributed by atoms with Crippen molar-refractivity contribution < 1.29 is 18.7 Å². The highest BCUT2D eigenvalue weighted by Crippen LogP contribution is 2.38. The molecule has 0 radical (unpaired) electrons. The third-order valence-electron chi connectivity index (χ3n) is 6.75. The van der Waals surface area contributed by atoms with Gasteiger partial charge in [-0.25, -0.2) is 0 Å². The second-order valence-corrected chi connectivity index (χ2v) is 10.7. The van der Waals surface area contributed by atoms with E-state index in [0.29, 0.717) is 36.9 Å². The molecule has 1 N–H and O–H groups in total. The number of likely N-dealkylation sites (N-methyl/N-ethyl adjacent to an activating group) is 1. The van der Waals surface area contributed by atoms with Gasteiger partial charge in [0.2, 0.25) is 5.91 Å². The SMILES string of the molecule is Cc1ccc([C@H]2c3cc(OCc4ccc(C(=O)NCCN(C)C)o4)ccc3CCN2C(=O)CC(C)C)cc1. The van der Waals surface area contributed by atoms with Crippen LogP contribution in [0.2, 0.25) is 0 Å². The Hall–Kier alpha value is -3.58. The van der Waals surface area contributed by atoms with Crippen molar-refractivity contribution in [3.05, 3.63) is 88.4 Å². The van der Waals surface area contributed by atoms with E-state index in [9.17, 15) is 9.59 Å². The lowest BCUT2D eigenvalue weighted by Crippen LogP contribution is -2.41. The number of rotatable bonds is 10. The minimum Gasteiger partial charge on any atom is -0.486 e. The smallest absolute Gasteiger partial charge is 0.287 e. The van der Waals surface area contributed by atoms with Crippen LogP contribution in [0.1, 0.15) is 64.9 Å². The van der Waals surface area contributed by atoms with Crippen molar-refractivity contribution in [2.45, 2.75) is 46.3 Å². The molecule has 1 aliphatic heterocycles. The van der Waals surface area contributed by atoms with E-state index in [4.69, 9.17) is 9.15 Å². The van der Waals surface area contributed by atoms with E-state index in [-0.39, 0.29) is 30.2 Å². The molecule has 2 aromatic carbocycles. The van der Waals surface area contributed by atoms with Gasteiger partial charge in [-0.15, -0.1) is 0 Å². The fourth-order valence-corrected chi connectivity index (χ4v) is 4.74. The molecule has 38 heavy (non-hydrogen) atoms. The summed E-state index contributed by atoms with van der Waals surface area (Å²) in [6, 6.07) is 17.8. The number of benzene rings is 2. The van der Waals surface area contributed by atoms with Crippen molar-refractivity contribution >= 4 is 11.8 Å². The standard InChI is InChI=1S/C31H39N3O4/c1-21(2)18-29(35)34-16-14-23-10-11-25(19-27(23)30(34)24-8-6-22(3)7-9-24)37-20-26-12-13-28(38-26)31(36)32-15-17-33(4)5/h6-13,19,21,30H,14-18,20H2,1-5H3,(H,32,36)/t30-/m0/s1. The van der Waals surface area contributed by atoms with E-state index < -0.39 is 0 Å². The molecule has 1 atom stereocenters. The fourth-order valence-electron chi connectivity index (χ4n) is 4.74. The van der Waals surface area contributed by atoms with Crippen LogP contribution in [0.25, 0.3) is 0 Å². The van der Waals surface area contributed by atoms with E-state index in [1.807, 2.05) is 36.0 Å². The molecule has 4 rings (SSSR count). The van der Waals surface area contributed by atoms with Crippen LogP contribution in [0.4, 0.5) is 0 Å². The Morgan fingerprint density at radius 2 is 1.87 bits per heavy atom. The maximum Gasteiger partial charge on any atom is 0.287 e. The molecule has 2 heterocycles. The molecule has 7 nitrogen and oxygen atoms in total. The molecular formula is C31H39N3O4. The summed E-state index contributed by atoms with van der Waals surface area (Å²) >= 11 is 0. The predicted octanol–water partition coefficient (Wildman–Crippen LogP) is 4.98. The average molecular weight is 518 g/mol. The van der Waals surface area contributed by atoms with Crippen molar-refractivity contribution in [3.63, 3.8) is 0 Å². The van der Waals surface area contributed by atoms with E-state index in [0.717, 1.165) is 24.1 Å². The lowest BCUT2D eigenvalue weighted by molar-refractivity contribution is -0.134. The molecule has 0 bridgehead atoms. The maximum absolute atomic E-state index is 13.3. The van der Waals surface area contributed by atoms with Gasteiger partial charge in [0.25, 0.3) is 5.91 Å². The number of ether oxygens (including phenoxy) is 1. The Labute approximate surface area is 225 Å². The summed E-state index contributed by atoms with van der Waals surface area (Å²) in [6.45, 7) is 8.43. The molecule has 0 saturated heterocycles. The van der Waals surface area contributed by atoms with Gasteiger partial charge in [0.1, 0.15) is 18.1 Å². The average Bonchev–Trinajstić information content (AvgIpc) is 3.36. The van der Waals surface area contributed by atoms with Crippen molar-refractivity contribution in [2.75, 3.05) is 33.7 Å². The molecule has 2 amide bonds. The molecule has 0 aliphatic carbocycles. The van der Waals surface area contributed by atoms with Crippen LogP contribution in [-0.2, 0) is 17.8 Å². The molecule has 0 fully saturated rings. The van der Waals surface area contributed by atoms with Gasteiger partial charge in [-0.1, -0.05) is 49.7 Å². The van der Waals surface area contributed by atoms with Gasteiger partial charge >= 0.3 is 0 Å². The number of hydrogen-bond acceptors (Lipinski definition) is 5. The number of hydrogen-bond donors (Lipinski definition) is 1. The van der Waals surface area contributed by atoms with Crippen LogP contribution >= 0.6 is 0 Å². The van der Waals surface area contributed by atoms with E-state index in [1.165, 1.54) is 11.1 Å². The number of furan rings is 1. The number of nitrogens with one attached hydrogen (secondary N) is 1. The first-order valence-electron chi connectivity index (χ1n) is 13.3. The Kier molecular flexibility index (Phi) is 8.89. The second-order valence-electron chi connectivity index (χ2n) is 10.7. The lowest BCUT2D eigenvalue weighted by Gasteiger charge is -2.38. The summed E-state index contributed by atoms with van der Waals surface area (Å²) in [7, 11) is 3.92. The third-order valence-corrected chi connectivity index (χ3v) is 6.75. The molecule has 1 aromatic heterocycles. The number of carbonyl (C=O) groups is 2. The zero-order valence-electron chi connectivity index (χ0n) is 23.1. The summed E-state index contributed by atoms with van der Waals surface area (Å²) in [5.41, 5.74) is 4.61. The number of amides is 2. The molecule has 202 valence electrons. The molecule has 0 unspecified atom stereocenters. The highest BCUT2D eigenvalue weighted by Gasteiger charge is 2.32. The number of fused-ring (bicyclic) bond motifs is 1. The van der Waals surface area contributed by atoms with Crippen molar-refractivity contribution in [1.82, 2.24) is 15.1 Å². The second kappa shape index (κ2) is 12.3. The predicted molar refractivity (Wildman–Crippen MR) is 148 cm³/mol. The topological polar surface area (TPSA) is 75.0 Å². The fraction of sp³-hybridized carbons (Fsp3) is 0.419. The van der Waals surface area contributed by atoms with Gasteiger partial charge in [0.15, 0.2) is 5.76 Å². The summed E-state index contributed by atoms with van der Waals surface area (Å²) < 4.78 is 11.8. The van der Waals surface area contributed by atoms with Crippen LogP contribution < -0.4 is 10.1 Å². The molecule has 7 heteroatoms. The van der Waals surface area contributed by atoms with Gasteiger partial charge in [0.05, 0.1) is 6.04 Å².